The number of hydrogen-bond donors (Lipinski definition) is 2. The molecule has 3 aromatic carbocycles. The van der Waals surface area contributed by atoms with Crippen LogP contribution >= 0.6 is 0 Å². The normalized spacial score (nSPS) is 10.8. The zero-order valence-electron chi connectivity index (χ0n) is 15.6. The van der Waals surface area contributed by atoms with Gasteiger partial charge in [0.05, 0.1) is 0 Å². The van der Waals surface area contributed by atoms with Crippen LogP contribution < -0.4 is 15.8 Å². The minimum Gasteiger partial charge on any atom is -0.489 e. The fourth-order valence-electron chi connectivity index (χ4n) is 3.20. The molecule has 0 unspecified atom stereocenters. The molecule has 28 heavy (non-hydrogen) atoms. The van der Waals surface area contributed by atoms with E-state index in [9.17, 15) is 0 Å². The number of nitrogens with two attached hydrogens (primary N) is 1. The lowest BCUT2D eigenvalue weighted by Gasteiger charge is -2.11. The number of ether oxygens (including phenoxy) is 1. The third kappa shape index (κ3) is 4.13. The lowest BCUT2D eigenvalue weighted by atomic mass is 10.0. The number of pyridine rings is 1. The topological polar surface area (TPSA) is 60.2 Å². The Morgan fingerprint density at radius 2 is 1.71 bits per heavy atom. The van der Waals surface area contributed by atoms with Gasteiger partial charge in [0.2, 0.25) is 0 Å². The van der Waals surface area contributed by atoms with E-state index in [4.69, 9.17) is 10.5 Å². The highest BCUT2D eigenvalue weighted by Crippen LogP contribution is 2.29. The quantitative estimate of drug-likeness (QED) is 0.489. The Hall–Kier alpha value is -3.37. The molecule has 0 saturated heterocycles. The van der Waals surface area contributed by atoms with Gasteiger partial charge in [0.1, 0.15) is 18.2 Å². The molecule has 0 fully saturated rings. The molecule has 0 aliphatic carbocycles. The Morgan fingerprint density at radius 3 is 2.57 bits per heavy atom. The van der Waals surface area contributed by atoms with Crippen LogP contribution in [-0.2, 0) is 6.61 Å². The molecule has 0 bridgehead atoms. The molecule has 1 aromatic heterocycles. The fourth-order valence-corrected chi connectivity index (χ4v) is 3.20. The van der Waals surface area contributed by atoms with Crippen LogP contribution in [-0.4, -0.2) is 18.1 Å². The van der Waals surface area contributed by atoms with E-state index in [1.807, 2.05) is 42.6 Å². The largest absolute Gasteiger partial charge is 0.489 e. The maximum Gasteiger partial charge on any atom is 0.133 e. The highest BCUT2D eigenvalue weighted by atomic mass is 16.5. The third-order valence-corrected chi connectivity index (χ3v) is 4.62. The molecule has 0 atom stereocenters. The van der Waals surface area contributed by atoms with Gasteiger partial charge in [-0.3, -0.25) is 0 Å². The van der Waals surface area contributed by atoms with Crippen LogP contribution in [0.15, 0.2) is 85.1 Å². The molecule has 4 rings (SSSR count). The van der Waals surface area contributed by atoms with Gasteiger partial charge in [-0.2, -0.15) is 0 Å². The second kappa shape index (κ2) is 8.55. The average Bonchev–Trinajstić information content (AvgIpc) is 2.77. The monoisotopic (exact) mass is 369 g/mol. The van der Waals surface area contributed by atoms with Crippen molar-refractivity contribution >= 4 is 16.6 Å². The highest BCUT2D eigenvalue weighted by molar-refractivity contribution is 5.94. The fraction of sp³-hybridized carbons (Fsp3) is 0.125. The lowest BCUT2D eigenvalue weighted by molar-refractivity contribution is 0.306. The smallest absolute Gasteiger partial charge is 0.133 e. The van der Waals surface area contributed by atoms with Gasteiger partial charge in [0, 0.05) is 24.7 Å². The number of aromatic nitrogens is 1. The van der Waals surface area contributed by atoms with E-state index < -0.39 is 0 Å². The molecule has 4 nitrogen and oxygen atoms in total. The van der Waals surface area contributed by atoms with Crippen molar-refractivity contribution in [2.24, 2.45) is 5.73 Å². The van der Waals surface area contributed by atoms with E-state index in [0.717, 1.165) is 39.0 Å². The van der Waals surface area contributed by atoms with Gasteiger partial charge in [-0.1, -0.05) is 54.6 Å². The summed E-state index contributed by atoms with van der Waals surface area (Å²) in [6.07, 6.45) is 1.82. The summed E-state index contributed by atoms with van der Waals surface area (Å²) < 4.78 is 5.97. The first-order chi connectivity index (χ1) is 13.8. The van der Waals surface area contributed by atoms with Gasteiger partial charge in [-0.05, 0) is 46.3 Å². The summed E-state index contributed by atoms with van der Waals surface area (Å²) in [5.41, 5.74) is 9.02. The number of hydrogen-bond acceptors (Lipinski definition) is 4. The molecule has 3 N–H and O–H groups in total. The van der Waals surface area contributed by atoms with Gasteiger partial charge in [0.25, 0.3) is 0 Å². The van der Waals surface area contributed by atoms with Crippen LogP contribution in [0.3, 0.4) is 0 Å². The molecule has 140 valence electrons. The minimum absolute atomic E-state index is 0.559. The number of anilines is 1. The maximum atomic E-state index is 5.97. The Bertz CT molecular complexity index is 1060. The van der Waals surface area contributed by atoms with Crippen LogP contribution in [0.25, 0.3) is 21.9 Å². The van der Waals surface area contributed by atoms with Gasteiger partial charge < -0.3 is 15.8 Å². The lowest BCUT2D eigenvalue weighted by Crippen LogP contribution is -2.13. The predicted molar refractivity (Wildman–Crippen MR) is 115 cm³/mol. The Kier molecular flexibility index (Phi) is 5.50. The second-order valence-corrected chi connectivity index (χ2v) is 6.61. The van der Waals surface area contributed by atoms with Gasteiger partial charge in [0.15, 0.2) is 0 Å². The van der Waals surface area contributed by atoms with Crippen LogP contribution in [0.4, 0.5) is 5.82 Å². The van der Waals surface area contributed by atoms with Crippen LogP contribution in [0.1, 0.15) is 5.56 Å². The van der Waals surface area contributed by atoms with Crippen molar-refractivity contribution < 1.29 is 4.74 Å². The van der Waals surface area contributed by atoms with Crippen molar-refractivity contribution in [3.8, 4) is 16.9 Å². The predicted octanol–water partition coefficient (Wildman–Crippen LogP) is 4.85. The number of benzene rings is 3. The molecular weight excluding hydrogens is 346 g/mol. The van der Waals surface area contributed by atoms with E-state index in [-0.39, 0.29) is 0 Å². The van der Waals surface area contributed by atoms with E-state index in [2.05, 4.69) is 52.8 Å². The Morgan fingerprint density at radius 1 is 0.857 bits per heavy atom. The van der Waals surface area contributed by atoms with Crippen molar-refractivity contribution in [1.82, 2.24) is 4.98 Å². The maximum absolute atomic E-state index is 5.97. The molecule has 4 aromatic rings. The summed E-state index contributed by atoms with van der Waals surface area (Å²) in [7, 11) is 0. The highest BCUT2D eigenvalue weighted by Gasteiger charge is 2.06. The second-order valence-electron chi connectivity index (χ2n) is 6.61. The first-order valence-corrected chi connectivity index (χ1v) is 9.43. The molecule has 0 aliphatic rings. The first-order valence-electron chi connectivity index (χ1n) is 9.43. The molecule has 0 aliphatic heterocycles. The molecular formula is C24H23N3O. The van der Waals surface area contributed by atoms with Crippen molar-refractivity contribution in [3.05, 3.63) is 90.6 Å². The van der Waals surface area contributed by atoms with Crippen molar-refractivity contribution in [2.75, 3.05) is 18.4 Å². The molecule has 0 spiro atoms. The average molecular weight is 369 g/mol. The van der Waals surface area contributed by atoms with Gasteiger partial charge in [-0.15, -0.1) is 0 Å². The Balaban J connectivity index is 1.57. The van der Waals surface area contributed by atoms with E-state index in [1.165, 1.54) is 0 Å². The standard InChI is InChI=1S/C24H23N3O/c25-12-14-27-24-23-10-9-20(15-21(23)11-13-26-24)19-7-4-8-22(16-19)28-17-18-5-2-1-3-6-18/h1-11,13,15-16H,12,14,17,25H2,(H,26,27). The van der Waals surface area contributed by atoms with Crippen LogP contribution in [0.5, 0.6) is 5.75 Å². The van der Waals surface area contributed by atoms with Crippen molar-refractivity contribution in [2.45, 2.75) is 6.61 Å². The number of nitrogens with one attached hydrogen (secondary N) is 1. The zero-order chi connectivity index (χ0) is 19.2. The number of rotatable bonds is 7. The van der Waals surface area contributed by atoms with Crippen molar-refractivity contribution in [3.63, 3.8) is 0 Å². The number of fused-ring (bicyclic) bond motifs is 1. The number of nitrogens with zero attached hydrogens (tertiary/aromatic N) is 1. The summed E-state index contributed by atoms with van der Waals surface area (Å²) in [6, 6.07) is 26.8. The van der Waals surface area contributed by atoms with Crippen LogP contribution in [0, 0.1) is 0 Å². The third-order valence-electron chi connectivity index (χ3n) is 4.62. The minimum atomic E-state index is 0.559. The molecule has 1 heterocycles. The van der Waals surface area contributed by atoms with E-state index >= 15 is 0 Å². The first kappa shape index (κ1) is 18.0. The SMILES string of the molecule is NCCNc1nccc2cc(-c3cccc(OCc4ccccc4)c3)ccc12. The van der Waals surface area contributed by atoms with Gasteiger partial charge in [-0.25, -0.2) is 4.98 Å². The summed E-state index contributed by atoms with van der Waals surface area (Å²) in [4.78, 5) is 4.43. The summed E-state index contributed by atoms with van der Waals surface area (Å²) in [6.45, 7) is 1.84. The summed E-state index contributed by atoms with van der Waals surface area (Å²) in [5.74, 6) is 1.73. The Labute approximate surface area is 165 Å². The van der Waals surface area contributed by atoms with E-state index in [1.54, 1.807) is 0 Å². The van der Waals surface area contributed by atoms with Crippen molar-refractivity contribution in [1.29, 1.82) is 0 Å². The molecule has 0 radical (unpaired) electrons. The van der Waals surface area contributed by atoms with E-state index in [0.29, 0.717) is 19.7 Å². The summed E-state index contributed by atoms with van der Waals surface area (Å²) in [5, 5.41) is 5.52. The molecule has 0 saturated carbocycles. The summed E-state index contributed by atoms with van der Waals surface area (Å²) >= 11 is 0. The van der Waals surface area contributed by atoms with Gasteiger partial charge >= 0.3 is 0 Å². The molecule has 0 amide bonds. The molecule has 4 heteroatoms. The van der Waals surface area contributed by atoms with Crippen LogP contribution in [0.2, 0.25) is 0 Å². The zero-order valence-corrected chi connectivity index (χ0v) is 15.6.